The summed E-state index contributed by atoms with van der Waals surface area (Å²) in [5.74, 6) is 0.723. The number of anilines is 1. The summed E-state index contributed by atoms with van der Waals surface area (Å²) in [6, 6.07) is 14.7. The average Bonchev–Trinajstić information content (AvgIpc) is 2.45. The number of rotatable bonds is 5. The van der Waals surface area contributed by atoms with Crippen LogP contribution in [0.3, 0.4) is 0 Å². The molecule has 0 radical (unpaired) electrons. The summed E-state index contributed by atoms with van der Waals surface area (Å²) in [6.07, 6.45) is 0. The maximum absolute atomic E-state index is 13.3. The van der Waals surface area contributed by atoms with E-state index in [0.29, 0.717) is 17.0 Å². The Bertz CT molecular complexity index is 586. The van der Waals surface area contributed by atoms with E-state index in [0.717, 1.165) is 5.75 Å². The van der Waals surface area contributed by atoms with Gasteiger partial charge in [0.1, 0.15) is 5.82 Å². The van der Waals surface area contributed by atoms with Crippen molar-refractivity contribution in [2.45, 2.75) is 12.7 Å². The molecule has 2 nitrogen and oxygen atoms in total. The Morgan fingerprint density at radius 1 is 1.15 bits per heavy atom. The molecule has 2 aromatic carbocycles. The predicted molar refractivity (Wildman–Crippen MR) is 82.4 cm³/mol. The molecule has 4 heteroatoms. The van der Waals surface area contributed by atoms with Crippen LogP contribution >= 0.6 is 11.8 Å². The van der Waals surface area contributed by atoms with Crippen LogP contribution in [0.5, 0.6) is 0 Å². The van der Waals surface area contributed by atoms with Gasteiger partial charge in [-0.15, -0.1) is 11.8 Å². The summed E-state index contributed by atoms with van der Waals surface area (Å²) >= 11 is 1.54. The summed E-state index contributed by atoms with van der Waals surface area (Å²) in [5, 5.41) is 2.74. The fourth-order valence-corrected chi connectivity index (χ4v) is 2.55. The Labute approximate surface area is 122 Å². The van der Waals surface area contributed by atoms with Crippen LogP contribution in [0.2, 0.25) is 0 Å². The molecule has 0 atom stereocenters. The van der Waals surface area contributed by atoms with Gasteiger partial charge < -0.3 is 5.32 Å². The van der Waals surface area contributed by atoms with E-state index in [-0.39, 0.29) is 11.7 Å². The first kappa shape index (κ1) is 14.6. The molecule has 104 valence electrons. The zero-order valence-electron chi connectivity index (χ0n) is 11.2. The summed E-state index contributed by atoms with van der Waals surface area (Å²) < 4.78 is 13.3. The van der Waals surface area contributed by atoms with Crippen molar-refractivity contribution in [3.05, 3.63) is 65.5 Å². The van der Waals surface area contributed by atoms with Gasteiger partial charge in [-0.3, -0.25) is 4.79 Å². The molecule has 2 rings (SSSR count). The Balaban J connectivity index is 1.82. The van der Waals surface area contributed by atoms with Gasteiger partial charge >= 0.3 is 0 Å². The number of halogens is 1. The van der Waals surface area contributed by atoms with E-state index in [4.69, 9.17) is 0 Å². The third kappa shape index (κ3) is 4.10. The summed E-state index contributed by atoms with van der Waals surface area (Å²) in [7, 11) is 0. The molecule has 20 heavy (non-hydrogen) atoms. The molecule has 0 heterocycles. The number of benzene rings is 2. The van der Waals surface area contributed by atoms with Gasteiger partial charge in [0.05, 0.1) is 5.75 Å². The molecule has 0 aromatic heterocycles. The van der Waals surface area contributed by atoms with Gasteiger partial charge in [-0.25, -0.2) is 4.39 Å². The molecule has 0 aliphatic carbocycles. The first-order valence-electron chi connectivity index (χ1n) is 6.33. The van der Waals surface area contributed by atoms with Gasteiger partial charge in [0, 0.05) is 17.0 Å². The third-order valence-electron chi connectivity index (χ3n) is 2.89. The highest BCUT2D eigenvalue weighted by Crippen LogP contribution is 2.18. The maximum Gasteiger partial charge on any atom is 0.234 e. The number of amides is 1. The van der Waals surface area contributed by atoms with Gasteiger partial charge in [-0.05, 0) is 24.6 Å². The number of hydrogen-bond acceptors (Lipinski definition) is 2. The largest absolute Gasteiger partial charge is 0.325 e. The van der Waals surface area contributed by atoms with Crippen molar-refractivity contribution < 1.29 is 9.18 Å². The Morgan fingerprint density at radius 2 is 1.90 bits per heavy atom. The lowest BCUT2D eigenvalue weighted by molar-refractivity contribution is -0.113. The Morgan fingerprint density at radius 3 is 2.65 bits per heavy atom. The van der Waals surface area contributed by atoms with Crippen LogP contribution < -0.4 is 5.32 Å². The van der Waals surface area contributed by atoms with Crippen LogP contribution in [0.4, 0.5) is 10.1 Å². The van der Waals surface area contributed by atoms with E-state index in [1.54, 1.807) is 19.1 Å². The second-order valence-electron chi connectivity index (χ2n) is 4.44. The third-order valence-corrected chi connectivity index (χ3v) is 3.89. The number of carbonyl (C=O) groups is 1. The monoisotopic (exact) mass is 289 g/mol. The molecule has 1 amide bonds. The minimum absolute atomic E-state index is 0.111. The summed E-state index contributed by atoms with van der Waals surface area (Å²) in [5.41, 5.74) is 2.19. The first-order valence-corrected chi connectivity index (χ1v) is 7.49. The number of hydrogen-bond donors (Lipinski definition) is 1. The SMILES string of the molecule is Cc1c(F)cccc1NC(=O)CSCc1ccccc1. The lowest BCUT2D eigenvalue weighted by Gasteiger charge is -2.08. The normalized spacial score (nSPS) is 10.3. The Hall–Kier alpha value is -1.81. The minimum atomic E-state index is -0.306. The van der Waals surface area contributed by atoms with Crippen molar-refractivity contribution in [1.29, 1.82) is 0 Å². The van der Waals surface area contributed by atoms with Crippen molar-refractivity contribution in [3.8, 4) is 0 Å². The van der Waals surface area contributed by atoms with Crippen molar-refractivity contribution >= 4 is 23.4 Å². The molecule has 1 N–H and O–H groups in total. The van der Waals surface area contributed by atoms with Crippen molar-refractivity contribution in [1.82, 2.24) is 0 Å². The van der Waals surface area contributed by atoms with E-state index in [9.17, 15) is 9.18 Å². The van der Waals surface area contributed by atoms with E-state index >= 15 is 0 Å². The van der Waals surface area contributed by atoms with E-state index in [2.05, 4.69) is 5.32 Å². The second-order valence-corrected chi connectivity index (χ2v) is 5.42. The van der Waals surface area contributed by atoms with Crippen LogP contribution in [0.1, 0.15) is 11.1 Å². The molecule has 0 saturated carbocycles. The van der Waals surface area contributed by atoms with E-state index < -0.39 is 0 Å². The molecule has 0 unspecified atom stereocenters. The zero-order valence-corrected chi connectivity index (χ0v) is 12.0. The Kier molecular flexibility index (Phi) is 5.18. The van der Waals surface area contributed by atoms with E-state index in [1.807, 2.05) is 30.3 Å². The predicted octanol–water partition coefficient (Wildman–Crippen LogP) is 4.01. The molecular weight excluding hydrogens is 273 g/mol. The highest BCUT2D eigenvalue weighted by Gasteiger charge is 2.07. The summed E-state index contributed by atoms with van der Waals surface area (Å²) in [4.78, 5) is 11.8. The first-order chi connectivity index (χ1) is 9.66. The number of nitrogens with one attached hydrogen (secondary N) is 1. The fraction of sp³-hybridized carbons (Fsp3) is 0.188. The zero-order chi connectivity index (χ0) is 14.4. The molecule has 0 aliphatic heterocycles. The van der Waals surface area contributed by atoms with Crippen LogP contribution in [-0.4, -0.2) is 11.7 Å². The number of thioether (sulfide) groups is 1. The number of carbonyl (C=O) groups excluding carboxylic acids is 1. The quantitative estimate of drug-likeness (QED) is 0.901. The summed E-state index contributed by atoms with van der Waals surface area (Å²) in [6.45, 7) is 1.65. The van der Waals surface area contributed by atoms with E-state index in [1.165, 1.54) is 23.4 Å². The molecule has 0 bridgehead atoms. The van der Waals surface area contributed by atoms with Gasteiger partial charge in [0.25, 0.3) is 0 Å². The van der Waals surface area contributed by atoms with Crippen molar-refractivity contribution in [2.75, 3.05) is 11.1 Å². The van der Waals surface area contributed by atoms with Crippen molar-refractivity contribution in [3.63, 3.8) is 0 Å². The minimum Gasteiger partial charge on any atom is -0.325 e. The molecule has 0 saturated heterocycles. The van der Waals surface area contributed by atoms with Gasteiger partial charge in [-0.2, -0.15) is 0 Å². The standard InChI is InChI=1S/C16H16FNOS/c1-12-14(17)8-5-9-15(12)18-16(19)11-20-10-13-6-3-2-4-7-13/h2-9H,10-11H2,1H3,(H,18,19). The lowest BCUT2D eigenvalue weighted by atomic mass is 10.2. The topological polar surface area (TPSA) is 29.1 Å². The molecule has 0 fully saturated rings. The highest BCUT2D eigenvalue weighted by atomic mass is 32.2. The molecule has 0 spiro atoms. The molecule has 2 aromatic rings. The second kappa shape index (κ2) is 7.10. The molecule has 0 aliphatic rings. The highest BCUT2D eigenvalue weighted by molar-refractivity contribution is 7.99. The van der Waals surface area contributed by atoms with Crippen molar-refractivity contribution in [2.24, 2.45) is 0 Å². The molecular formula is C16H16FNOS. The van der Waals surface area contributed by atoms with Crippen LogP contribution in [0, 0.1) is 12.7 Å². The lowest BCUT2D eigenvalue weighted by Crippen LogP contribution is -2.15. The van der Waals surface area contributed by atoms with Crippen LogP contribution in [0.25, 0.3) is 0 Å². The smallest absolute Gasteiger partial charge is 0.234 e. The van der Waals surface area contributed by atoms with Gasteiger partial charge in [0.2, 0.25) is 5.91 Å². The fourth-order valence-electron chi connectivity index (χ4n) is 1.76. The van der Waals surface area contributed by atoms with Gasteiger partial charge in [0.15, 0.2) is 0 Å². The average molecular weight is 289 g/mol. The van der Waals surface area contributed by atoms with Gasteiger partial charge in [-0.1, -0.05) is 36.4 Å². The maximum atomic E-state index is 13.3. The van der Waals surface area contributed by atoms with Crippen LogP contribution in [-0.2, 0) is 10.5 Å². The van der Waals surface area contributed by atoms with Crippen LogP contribution in [0.15, 0.2) is 48.5 Å².